The van der Waals surface area contributed by atoms with E-state index in [0.29, 0.717) is 35.7 Å². The van der Waals surface area contributed by atoms with Gasteiger partial charge in [0.05, 0.1) is 29.5 Å². The Morgan fingerprint density at radius 3 is 2.71 bits per heavy atom. The molecule has 0 radical (unpaired) electrons. The summed E-state index contributed by atoms with van der Waals surface area (Å²) < 4.78 is 6.59. The number of carbonyl (C=O) groups is 1. The summed E-state index contributed by atoms with van der Waals surface area (Å²) in [7, 11) is 0. The summed E-state index contributed by atoms with van der Waals surface area (Å²) in [5.74, 6) is -0.470. The maximum atomic E-state index is 12.2. The summed E-state index contributed by atoms with van der Waals surface area (Å²) in [5, 5.41) is 15.5. The number of hydrogen-bond acceptors (Lipinski definition) is 7. The van der Waals surface area contributed by atoms with Gasteiger partial charge in [0.2, 0.25) is 0 Å². The predicted octanol–water partition coefficient (Wildman–Crippen LogP) is 2.66. The highest BCUT2D eigenvalue weighted by Crippen LogP contribution is 2.27. The number of hydrogen-bond donors (Lipinski definition) is 1. The van der Waals surface area contributed by atoms with E-state index in [1.165, 1.54) is 16.8 Å². The molecule has 0 saturated carbocycles. The van der Waals surface area contributed by atoms with Crippen LogP contribution in [0.15, 0.2) is 48.7 Å². The van der Waals surface area contributed by atoms with E-state index in [2.05, 4.69) is 10.1 Å². The number of nitro groups is 1. The van der Waals surface area contributed by atoms with Gasteiger partial charge in [-0.2, -0.15) is 5.10 Å². The van der Waals surface area contributed by atoms with E-state index in [-0.39, 0.29) is 12.3 Å². The summed E-state index contributed by atoms with van der Waals surface area (Å²) in [6, 6.07) is 11.4. The van der Waals surface area contributed by atoms with Crippen molar-refractivity contribution in [3.05, 3.63) is 64.5 Å². The lowest BCUT2D eigenvalue weighted by atomic mass is 10.1. The molecular formula is C19H19N5O4. The van der Waals surface area contributed by atoms with Crippen LogP contribution in [-0.4, -0.2) is 38.8 Å². The number of benzene rings is 1. The van der Waals surface area contributed by atoms with E-state index >= 15 is 0 Å². The molecule has 0 amide bonds. The standard InChI is InChI=1S/C19H19N5O4/c1-2-28-19(25)18-12-17(22-23(18)9-7-20)14-6-8-21-16(11-14)13-4-3-5-15(10-13)24(26)27/h3-6,8,10-12H,2,7,9,20H2,1H3. The number of nitrogens with two attached hydrogens (primary N) is 1. The Morgan fingerprint density at radius 2 is 2.00 bits per heavy atom. The maximum absolute atomic E-state index is 12.2. The smallest absolute Gasteiger partial charge is 0.356 e. The Hall–Kier alpha value is -3.59. The van der Waals surface area contributed by atoms with Crippen molar-refractivity contribution in [1.29, 1.82) is 0 Å². The van der Waals surface area contributed by atoms with Crippen LogP contribution < -0.4 is 5.73 Å². The Morgan fingerprint density at radius 1 is 1.21 bits per heavy atom. The van der Waals surface area contributed by atoms with E-state index in [1.807, 2.05) is 0 Å². The number of non-ortho nitro benzene ring substituents is 1. The molecule has 144 valence electrons. The van der Waals surface area contributed by atoms with E-state index in [0.717, 1.165) is 5.56 Å². The van der Waals surface area contributed by atoms with Crippen LogP contribution in [0.3, 0.4) is 0 Å². The molecule has 0 aliphatic heterocycles. The van der Waals surface area contributed by atoms with Crippen molar-refractivity contribution in [2.45, 2.75) is 13.5 Å². The fourth-order valence-corrected chi connectivity index (χ4v) is 2.75. The minimum absolute atomic E-state index is 0.0125. The predicted molar refractivity (Wildman–Crippen MR) is 103 cm³/mol. The first-order chi connectivity index (χ1) is 13.5. The zero-order valence-electron chi connectivity index (χ0n) is 15.2. The molecule has 0 atom stereocenters. The molecule has 3 rings (SSSR count). The van der Waals surface area contributed by atoms with Crippen LogP contribution in [0.25, 0.3) is 22.5 Å². The van der Waals surface area contributed by atoms with Crippen molar-refractivity contribution in [1.82, 2.24) is 14.8 Å². The van der Waals surface area contributed by atoms with Gasteiger partial charge in [-0.15, -0.1) is 0 Å². The quantitative estimate of drug-likeness (QED) is 0.379. The minimum atomic E-state index is -0.470. The average Bonchev–Trinajstić information content (AvgIpc) is 3.13. The lowest BCUT2D eigenvalue weighted by Gasteiger charge is -2.04. The number of rotatable bonds is 7. The largest absolute Gasteiger partial charge is 0.461 e. The van der Waals surface area contributed by atoms with Gasteiger partial charge in [-0.3, -0.25) is 19.8 Å². The molecule has 1 aromatic carbocycles. The van der Waals surface area contributed by atoms with E-state index in [4.69, 9.17) is 10.5 Å². The van der Waals surface area contributed by atoms with Crippen LogP contribution in [0.2, 0.25) is 0 Å². The van der Waals surface area contributed by atoms with Crippen LogP contribution in [0, 0.1) is 10.1 Å². The fraction of sp³-hybridized carbons (Fsp3) is 0.211. The second-order valence-electron chi connectivity index (χ2n) is 5.88. The number of carbonyl (C=O) groups excluding carboxylic acids is 1. The lowest BCUT2D eigenvalue weighted by Crippen LogP contribution is -2.17. The van der Waals surface area contributed by atoms with Gasteiger partial charge >= 0.3 is 5.97 Å². The molecule has 0 unspecified atom stereocenters. The van der Waals surface area contributed by atoms with Gasteiger partial charge < -0.3 is 10.5 Å². The van der Waals surface area contributed by atoms with Crippen molar-refractivity contribution < 1.29 is 14.5 Å². The Bertz CT molecular complexity index is 1020. The van der Waals surface area contributed by atoms with Gasteiger partial charge in [-0.1, -0.05) is 12.1 Å². The Balaban J connectivity index is 2.00. The number of pyridine rings is 1. The van der Waals surface area contributed by atoms with E-state index in [9.17, 15) is 14.9 Å². The van der Waals surface area contributed by atoms with Crippen molar-refractivity contribution in [2.75, 3.05) is 13.2 Å². The monoisotopic (exact) mass is 381 g/mol. The first kappa shape index (κ1) is 19.2. The number of aromatic nitrogens is 3. The topological polar surface area (TPSA) is 126 Å². The summed E-state index contributed by atoms with van der Waals surface area (Å²) in [6.45, 7) is 2.69. The highest BCUT2D eigenvalue weighted by molar-refractivity contribution is 5.89. The van der Waals surface area contributed by atoms with Gasteiger partial charge in [0, 0.05) is 36.0 Å². The Kier molecular flexibility index (Phi) is 5.75. The maximum Gasteiger partial charge on any atom is 0.356 e. The highest BCUT2D eigenvalue weighted by Gasteiger charge is 2.17. The van der Waals surface area contributed by atoms with Crippen LogP contribution in [0.1, 0.15) is 17.4 Å². The molecule has 28 heavy (non-hydrogen) atoms. The van der Waals surface area contributed by atoms with Crippen LogP contribution >= 0.6 is 0 Å². The summed E-state index contributed by atoms with van der Waals surface area (Å²) >= 11 is 0. The average molecular weight is 381 g/mol. The van der Waals surface area contributed by atoms with Gasteiger partial charge in [0.25, 0.3) is 5.69 Å². The molecule has 2 aromatic heterocycles. The molecule has 0 fully saturated rings. The SMILES string of the molecule is CCOC(=O)c1cc(-c2ccnc(-c3cccc([N+](=O)[O-])c3)c2)nn1CCN. The lowest BCUT2D eigenvalue weighted by molar-refractivity contribution is -0.384. The molecule has 0 aliphatic carbocycles. The van der Waals surface area contributed by atoms with Gasteiger partial charge in [-0.25, -0.2) is 4.79 Å². The third-order valence-corrected chi connectivity index (χ3v) is 4.01. The third-order valence-electron chi connectivity index (χ3n) is 4.01. The molecule has 0 aliphatic rings. The van der Waals surface area contributed by atoms with E-state index < -0.39 is 10.9 Å². The third kappa shape index (κ3) is 4.04. The Labute approximate surface area is 160 Å². The van der Waals surface area contributed by atoms with Crippen molar-refractivity contribution in [3.63, 3.8) is 0 Å². The fourth-order valence-electron chi connectivity index (χ4n) is 2.75. The summed E-state index contributed by atoms with van der Waals surface area (Å²) in [4.78, 5) is 27.0. The molecule has 2 N–H and O–H groups in total. The zero-order valence-corrected chi connectivity index (χ0v) is 15.2. The number of nitro benzene ring substituents is 1. The molecule has 0 saturated heterocycles. The minimum Gasteiger partial charge on any atom is -0.461 e. The first-order valence-corrected chi connectivity index (χ1v) is 8.69. The zero-order chi connectivity index (χ0) is 20.1. The van der Waals surface area contributed by atoms with Gasteiger partial charge in [0.1, 0.15) is 5.69 Å². The van der Waals surface area contributed by atoms with Gasteiger partial charge in [0.15, 0.2) is 0 Å². The molecule has 9 nitrogen and oxygen atoms in total. The highest BCUT2D eigenvalue weighted by atomic mass is 16.6. The van der Waals surface area contributed by atoms with Gasteiger partial charge in [-0.05, 0) is 25.1 Å². The molecule has 0 bridgehead atoms. The summed E-state index contributed by atoms with van der Waals surface area (Å²) in [6.07, 6.45) is 1.59. The van der Waals surface area contributed by atoms with Crippen molar-refractivity contribution in [3.8, 4) is 22.5 Å². The van der Waals surface area contributed by atoms with Crippen LogP contribution in [0.4, 0.5) is 5.69 Å². The van der Waals surface area contributed by atoms with Crippen LogP contribution in [0.5, 0.6) is 0 Å². The summed E-state index contributed by atoms with van der Waals surface area (Å²) in [5.41, 5.74) is 8.37. The van der Waals surface area contributed by atoms with E-state index in [1.54, 1.807) is 43.5 Å². The second kappa shape index (κ2) is 8.40. The first-order valence-electron chi connectivity index (χ1n) is 8.69. The van der Waals surface area contributed by atoms with Crippen LogP contribution in [-0.2, 0) is 11.3 Å². The second-order valence-corrected chi connectivity index (χ2v) is 5.88. The normalized spacial score (nSPS) is 10.6. The molecule has 3 aromatic rings. The molecule has 2 heterocycles. The number of ether oxygens (including phenoxy) is 1. The van der Waals surface area contributed by atoms with Crippen molar-refractivity contribution >= 4 is 11.7 Å². The number of nitrogens with zero attached hydrogens (tertiary/aromatic N) is 4. The molecule has 9 heteroatoms. The number of esters is 1. The molecular weight excluding hydrogens is 362 g/mol. The van der Waals surface area contributed by atoms with Crippen molar-refractivity contribution in [2.24, 2.45) is 5.73 Å². The molecule has 0 spiro atoms.